The van der Waals surface area contributed by atoms with Gasteiger partial charge in [0.1, 0.15) is 24.0 Å². The van der Waals surface area contributed by atoms with Gasteiger partial charge in [-0.15, -0.1) is 22.6 Å². The van der Waals surface area contributed by atoms with Gasteiger partial charge in [0.15, 0.2) is 11.5 Å². The molecule has 0 saturated carbocycles. The second-order valence-electron chi connectivity index (χ2n) is 11.8. The first kappa shape index (κ1) is 28.8. The molecule has 1 aromatic carbocycles. The summed E-state index contributed by atoms with van der Waals surface area (Å²) in [5, 5.41) is 14.9. The number of fused-ring (bicyclic) bond motifs is 2. The molecule has 11 heteroatoms. The van der Waals surface area contributed by atoms with Crippen LogP contribution in [0.4, 0.5) is 10.6 Å². The third-order valence-electron chi connectivity index (χ3n) is 7.92. The fourth-order valence-corrected chi connectivity index (χ4v) is 5.76. The molecule has 4 aromatic rings. The highest BCUT2D eigenvalue weighted by atomic mass is 35.5. The van der Waals surface area contributed by atoms with Gasteiger partial charge in [-0.25, -0.2) is 14.8 Å². The van der Waals surface area contributed by atoms with Gasteiger partial charge in [0.2, 0.25) is 0 Å². The van der Waals surface area contributed by atoms with Gasteiger partial charge in [-0.2, -0.15) is 0 Å². The molecule has 2 amide bonds. The quantitative estimate of drug-likeness (QED) is 0.310. The number of carbonyl (C=O) groups excluding carboxylic acids is 1. The number of urea groups is 1. The molecule has 216 valence electrons. The van der Waals surface area contributed by atoms with Gasteiger partial charge in [0.05, 0.1) is 24.0 Å². The van der Waals surface area contributed by atoms with E-state index in [-0.39, 0.29) is 42.0 Å². The van der Waals surface area contributed by atoms with Crippen molar-refractivity contribution in [2.45, 2.75) is 70.1 Å². The van der Waals surface area contributed by atoms with Crippen LogP contribution in [0.1, 0.15) is 87.3 Å². The maximum absolute atomic E-state index is 13.0. The van der Waals surface area contributed by atoms with Crippen LogP contribution in [0.2, 0.25) is 0 Å². The molecule has 1 saturated heterocycles. The molecule has 2 aliphatic rings. The van der Waals surface area contributed by atoms with E-state index in [1.165, 1.54) is 6.33 Å². The van der Waals surface area contributed by atoms with Gasteiger partial charge in [-0.05, 0) is 62.5 Å². The van der Waals surface area contributed by atoms with Crippen molar-refractivity contribution in [1.29, 1.82) is 0 Å². The van der Waals surface area contributed by atoms with Crippen LogP contribution in [0.15, 0.2) is 55.0 Å². The first-order chi connectivity index (χ1) is 19.3. The molecule has 10 nitrogen and oxygen atoms in total. The van der Waals surface area contributed by atoms with E-state index in [2.05, 4.69) is 80.1 Å². The highest BCUT2D eigenvalue weighted by Gasteiger charge is 2.30. The van der Waals surface area contributed by atoms with Gasteiger partial charge in [-0.1, -0.05) is 45.0 Å². The third kappa shape index (κ3) is 5.99. The summed E-state index contributed by atoms with van der Waals surface area (Å²) in [7, 11) is 2.14. The van der Waals surface area contributed by atoms with Crippen LogP contribution >= 0.6 is 12.4 Å². The van der Waals surface area contributed by atoms with Crippen LogP contribution in [-0.2, 0) is 5.41 Å². The lowest BCUT2D eigenvalue weighted by atomic mass is 9.85. The number of likely N-dealkylation sites (tertiary alicyclic amines) is 1. The smallest absolute Gasteiger partial charge is 0.320 e. The molecule has 3 atom stereocenters. The number of halogens is 1. The molecule has 41 heavy (non-hydrogen) atoms. The highest BCUT2D eigenvalue weighted by Crippen LogP contribution is 2.39. The zero-order chi connectivity index (χ0) is 27.9. The van der Waals surface area contributed by atoms with Crippen molar-refractivity contribution in [2.75, 3.05) is 18.9 Å². The molecule has 6 rings (SSSR count). The number of pyridine rings is 1. The Morgan fingerprint density at radius 1 is 1.02 bits per heavy atom. The number of carbonyl (C=O) groups is 1. The summed E-state index contributed by atoms with van der Waals surface area (Å²) >= 11 is 0. The average Bonchev–Trinajstić information content (AvgIpc) is 3.55. The monoisotopic (exact) mass is 576 g/mol. The predicted octanol–water partition coefficient (Wildman–Crippen LogP) is 5.78. The third-order valence-corrected chi connectivity index (χ3v) is 7.92. The molecule has 1 aliphatic carbocycles. The molecule has 1 fully saturated rings. The van der Waals surface area contributed by atoms with Crippen LogP contribution in [0.25, 0.3) is 5.65 Å². The van der Waals surface area contributed by atoms with Gasteiger partial charge >= 0.3 is 6.03 Å². The molecule has 0 spiro atoms. The van der Waals surface area contributed by atoms with Crippen molar-refractivity contribution >= 4 is 29.9 Å². The number of hydrogen-bond acceptors (Lipinski definition) is 7. The minimum atomic E-state index is -0.291. The zero-order valence-corrected chi connectivity index (χ0v) is 24.7. The molecule has 3 aromatic heterocycles. The lowest BCUT2D eigenvalue weighted by Gasteiger charge is -2.32. The highest BCUT2D eigenvalue weighted by molar-refractivity contribution is 5.88. The van der Waals surface area contributed by atoms with E-state index in [4.69, 9.17) is 4.74 Å². The average molecular weight is 577 g/mol. The second-order valence-corrected chi connectivity index (χ2v) is 11.8. The van der Waals surface area contributed by atoms with Crippen molar-refractivity contribution < 1.29 is 9.53 Å². The Balaban J connectivity index is 0.00000337. The van der Waals surface area contributed by atoms with Crippen molar-refractivity contribution in [3.05, 3.63) is 77.6 Å². The predicted molar refractivity (Wildman–Crippen MR) is 160 cm³/mol. The lowest BCUT2D eigenvalue weighted by molar-refractivity contribution is 0.171. The fourth-order valence-electron chi connectivity index (χ4n) is 5.76. The van der Waals surface area contributed by atoms with Crippen molar-refractivity contribution in [3.63, 3.8) is 0 Å². The molecule has 2 N–H and O–H groups in total. The normalized spacial score (nSPS) is 20.7. The summed E-state index contributed by atoms with van der Waals surface area (Å²) in [6.07, 6.45) is 7.12. The Labute approximate surface area is 246 Å². The van der Waals surface area contributed by atoms with E-state index in [0.717, 1.165) is 66.3 Å². The van der Waals surface area contributed by atoms with Crippen molar-refractivity contribution in [2.24, 2.45) is 0 Å². The Morgan fingerprint density at radius 2 is 1.83 bits per heavy atom. The van der Waals surface area contributed by atoms with E-state index in [1.54, 1.807) is 0 Å². The number of anilines is 1. The van der Waals surface area contributed by atoms with Gasteiger partial charge < -0.3 is 10.1 Å². The Kier molecular flexibility index (Phi) is 8.15. The summed E-state index contributed by atoms with van der Waals surface area (Å²) in [6, 6.07) is 13.7. The number of ether oxygens (including phenoxy) is 1. The Morgan fingerprint density at radius 3 is 2.59 bits per heavy atom. The van der Waals surface area contributed by atoms with E-state index < -0.39 is 0 Å². The summed E-state index contributed by atoms with van der Waals surface area (Å²) in [6.45, 7) is 7.30. The summed E-state index contributed by atoms with van der Waals surface area (Å²) < 4.78 is 8.62. The molecular weight excluding hydrogens is 540 g/mol. The number of hydrogen-bond donors (Lipinski definition) is 2. The molecule has 0 radical (unpaired) electrons. The Hall–Kier alpha value is -3.76. The number of amides is 2. The first-order valence-electron chi connectivity index (χ1n) is 14.0. The van der Waals surface area contributed by atoms with Gasteiger partial charge in [0, 0.05) is 11.5 Å². The van der Waals surface area contributed by atoms with E-state index in [1.807, 2.05) is 36.5 Å². The topological polar surface area (TPSA) is 110 Å². The molecular formula is C30H37ClN8O2. The van der Waals surface area contributed by atoms with Gasteiger partial charge in [0.25, 0.3) is 0 Å². The van der Waals surface area contributed by atoms with Gasteiger partial charge in [-0.3, -0.25) is 14.6 Å². The number of aromatic nitrogens is 5. The van der Waals surface area contributed by atoms with Crippen LogP contribution in [-0.4, -0.2) is 49.1 Å². The standard InChI is InChI=1S/C30H36N8O2.ClH/c1-30(2,3)25-16-26(32-18-31-25)34-29(39)33-22-12-13-24(21-9-6-5-8-20(21)22)40-19-11-14-27-35-36-28(38(27)17-19)23-10-7-15-37(23)4;/h5-6,8-9,11,14,16-18,22-24H,7,10,12-13,15H2,1-4H3,(H2,31,32,33,34,39);1H/t22-,23-,24+;/m0./s1. The summed E-state index contributed by atoms with van der Waals surface area (Å²) in [4.78, 5) is 23.9. The minimum Gasteiger partial charge on any atom is -0.484 e. The van der Waals surface area contributed by atoms with Crippen molar-refractivity contribution in [1.82, 2.24) is 34.8 Å². The largest absolute Gasteiger partial charge is 0.484 e. The van der Waals surface area contributed by atoms with E-state index >= 15 is 0 Å². The summed E-state index contributed by atoms with van der Waals surface area (Å²) in [5.41, 5.74) is 3.69. The molecule has 0 bridgehead atoms. The number of nitrogens with zero attached hydrogens (tertiary/aromatic N) is 6. The second kappa shape index (κ2) is 11.6. The Bertz CT molecular complexity index is 1530. The molecule has 4 heterocycles. The van der Waals surface area contributed by atoms with Crippen LogP contribution in [0.3, 0.4) is 0 Å². The molecule has 0 unspecified atom stereocenters. The minimum absolute atomic E-state index is 0. The maximum atomic E-state index is 13.0. The maximum Gasteiger partial charge on any atom is 0.320 e. The number of rotatable bonds is 5. The van der Waals surface area contributed by atoms with E-state index in [0.29, 0.717) is 5.82 Å². The first-order valence-corrected chi connectivity index (χ1v) is 14.0. The van der Waals surface area contributed by atoms with E-state index in [9.17, 15) is 4.79 Å². The van der Waals surface area contributed by atoms with Crippen LogP contribution in [0.5, 0.6) is 5.75 Å². The van der Waals surface area contributed by atoms with Crippen molar-refractivity contribution in [3.8, 4) is 5.75 Å². The fraction of sp³-hybridized carbons (Fsp3) is 0.433. The van der Waals surface area contributed by atoms with Crippen LogP contribution < -0.4 is 15.4 Å². The number of nitrogens with one attached hydrogen (secondary N) is 2. The summed E-state index contributed by atoms with van der Waals surface area (Å²) in [5.74, 6) is 2.21. The zero-order valence-electron chi connectivity index (χ0n) is 23.9. The number of benzene rings is 1. The van der Waals surface area contributed by atoms with Crippen LogP contribution in [0, 0.1) is 0 Å². The lowest BCUT2D eigenvalue weighted by Crippen LogP contribution is -2.35. The molecule has 1 aliphatic heterocycles. The SMILES string of the molecule is CN1CCC[C@H]1c1nnc2ccc(O[C@@H]3CC[C@H](NC(=O)Nc4cc(C(C)(C)C)ncn4)c4ccccc43)cn12.Cl.